The maximum Gasteiger partial charge on any atom is 0.179 e. The Morgan fingerprint density at radius 2 is 1.89 bits per heavy atom. The van der Waals surface area contributed by atoms with Crippen molar-refractivity contribution in [3.05, 3.63) is 65.3 Å². The number of hydrogen-bond donors (Lipinski definition) is 0. The highest BCUT2D eigenvalue weighted by molar-refractivity contribution is 7.20. The molecule has 3 aromatic rings. The van der Waals surface area contributed by atoms with Gasteiger partial charge < -0.3 is 0 Å². The lowest BCUT2D eigenvalue weighted by molar-refractivity contribution is 0.0970. The number of ketones is 1. The predicted octanol–water partition coefficient (Wildman–Crippen LogP) is 4.28. The number of Topliss-reactive ketones (excluding diaryl/α,β-unsaturated/α-hetero) is 1. The van der Waals surface area contributed by atoms with Crippen LogP contribution in [0.4, 0.5) is 0 Å². The molecule has 3 rings (SSSR count). The quantitative estimate of drug-likeness (QED) is 0.663. The Kier molecular flexibility index (Phi) is 3.13. The third-order valence-corrected chi connectivity index (χ3v) is 4.40. The Balaban J connectivity index is 1.95. The molecule has 1 atom stereocenters. The average Bonchev–Trinajstić information content (AvgIpc) is 2.90. The molecule has 0 N–H and O–H groups in total. The molecule has 0 fully saturated rings. The van der Waals surface area contributed by atoms with Crippen molar-refractivity contribution in [1.82, 2.24) is 4.98 Å². The SMILES string of the molecule is CC(C(=O)c1cc2ccccc2s1)c1ccncc1. The van der Waals surface area contributed by atoms with E-state index in [0.29, 0.717) is 0 Å². The molecule has 94 valence electrons. The van der Waals surface area contributed by atoms with Gasteiger partial charge in [-0.2, -0.15) is 0 Å². The molecular formula is C16H13NOS. The van der Waals surface area contributed by atoms with E-state index in [1.54, 1.807) is 23.7 Å². The summed E-state index contributed by atoms with van der Waals surface area (Å²) in [5.74, 6) is 0.0449. The molecule has 2 heterocycles. The van der Waals surface area contributed by atoms with Gasteiger partial charge in [0.15, 0.2) is 5.78 Å². The minimum absolute atomic E-state index is 0.129. The summed E-state index contributed by atoms with van der Waals surface area (Å²) in [6, 6.07) is 13.9. The molecule has 0 saturated carbocycles. The minimum Gasteiger partial charge on any atom is -0.293 e. The third-order valence-electron chi connectivity index (χ3n) is 3.27. The summed E-state index contributed by atoms with van der Waals surface area (Å²) < 4.78 is 1.16. The zero-order valence-electron chi connectivity index (χ0n) is 10.5. The van der Waals surface area contributed by atoms with Crippen LogP contribution in [0.25, 0.3) is 10.1 Å². The van der Waals surface area contributed by atoms with Crippen molar-refractivity contribution < 1.29 is 4.79 Å². The fourth-order valence-corrected chi connectivity index (χ4v) is 3.21. The summed E-state index contributed by atoms with van der Waals surface area (Å²) >= 11 is 1.56. The summed E-state index contributed by atoms with van der Waals surface area (Å²) in [4.78, 5) is 17.3. The highest BCUT2D eigenvalue weighted by Gasteiger charge is 2.19. The van der Waals surface area contributed by atoms with Gasteiger partial charge in [0.05, 0.1) is 4.88 Å². The number of aromatic nitrogens is 1. The van der Waals surface area contributed by atoms with Gasteiger partial charge in [0.1, 0.15) is 0 Å². The molecule has 2 nitrogen and oxygen atoms in total. The van der Waals surface area contributed by atoms with Crippen LogP contribution in [-0.2, 0) is 0 Å². The van der Waals surface area contributed by atoms with E-state index in [2.05, 4.69) is 4.98 Å². The van der Waals surface area contributed by atoms with Crippen molar-refractivity contribution >= 4 is 27.2 Å². The Hall–Kier alpha value is -2.00. The summed E-state index contributed by atoms with van der Waals surface area (Å²) in [5.41, 5.74) is 1.01. The molecule has 0 aliphatic rings. The van der Waals surface area contributed by atoms with Crippen LogP contribution < -0.4 is 0 Å². The lowest BCUT2D eigenvalue weighted by atomic mass is 9.97. The van der Waals surface area contributed by atoms with E-state index in [9.17, 15) is 4.79 Å². The molecule has 0 aliphatic heterocycles. The zero-order valence-corrected chi connectivity index (χ0v) is 11.4. The van der Waals surface area contributed by atoms with E-state index >= 15 is 0 Å². The van der Waals surface area contributed by atoms with Crippen LogP contribution in [0.3, 0.4) is 0 Å². The Morgan fingerprint density at radius 3 is 2.63 bits per heavy atom. The van der Waals surface area contributed by atoms with Gasteiger partial charge in [-0.05, 0) is 35.2 Å². The molecule has 0 bridgehead atoms. The number of nitrogens with zero attached hydrogens (tertiary/aromatic N) is 1. The van der Waals surface area contributed by atoms with E-state index < -0.39 is 0 Å². The van der Waals surface area contributed by atoms with E-state index in [0.717, 1.165) is 20.5 Å². The van der Waals surface area contributed by atoms with Gasteiger partial charge in [0.25, 0.3) is 0 Å². The monoisotopic (exact) mass is 267 g/mol. The largest absolute Gasteiger partial charge is 0.293 e. The van der Waals surface area contributed by atoms with Crippen molar-refractivity contribution in [2.75, 3.05) is 0 Å². The lowest BCUT2D eigenvalue weighted by Gasteiger charge is -2.08. The van der Waals surface area contributed by atoms with Crippen molar-refractivity contribution in [3.63, 3.8) is 0 Å². The van der Waals surface area contributed by atoms with Gasteiger partial charge in [-0.1, -0.05) is 25.1 Å². The smallest absolute Gasteiger partial charge is 0.179 e. The van der Waals surface area contributed by atoms with Crippen LogP contribution in [0.15, 0.2) is 54.9 Å². The van der Waals surface area contributed by atoms with Crippen LogP contribution >= 0.6 is 11.3 Å². The maximum absolute atomic E-state index is 12.5. The van der Waals surface area contributed by atoms with Gasteiger partial charge in [-0.25, -0.2) is 0 Å². The first-order valence-electron chi connectivity index (χ1n) is 6.18. The van der Waals surface area contributed by atoms with E-state index in [4.69, 9.17) is 0 Å². The molecule has 0 saturated heterocycles. The Labute approximate surface area is 115 Å². The fraction of sp³-hybridized carbons (Fsp3) is 0.125. The second-order valence-electron chi connectivity index (χ2n) is 4.51. The predicted molar refractivity (Wildman–Crippen MR) is 78.8 cm³/mol. The number of thiophene rings is 1. The van der Waals surface area contributed by atoms with E-state index in [-0.39, 0.29) is 11.7 Å². The summed E-state index contributed by atoms with van der Waals surface area (Å²) in [6.45, 7) is 1.95. The summed E-state index contributed by atoms with van der Waals surface area (Å²) in [5, 5.41) is 1.14. The number of benzene rings is 1. The molecular weight excluding hydrogens is 254 g/mol. The molecule has 0 radical (unpaired) electrons. The highest BCUT2D eigenvalue weighted by Crippen LogP contribution is 2.29. The normalized spacial score (nSPS) is 12.5. The van der Waals surface area contributed by atoms with Crippen LogP contribution in [0.5, 0.6) is 0 Å². The first-order chi connectivity index (χ1) is 9.25. The zero-order chi connectivity index (χ0) is 13.2. The van der Waals surface area contributed by atoms with E-state index in [1.165, 1.54) is 0 Å². The first-order valence-corrected chi connectivity index (χ1v) is 7.00. The van der Waals surface area contributed by atoms with Crippen molar-refractivity contribution in [2.24, 2.45) is 0 Å². The lowest BCUT2D eigenvalue weighted by Crippen LogP contribution is -2.07. The third kappa shape index (κ3) is 2.29. The molecule has 0 amide bonds. The van der Waals surface area contributed by atoms with Crippen LogP contribution in [0.1, 0.15) is 28.1 Å². The number of pyridine rings is 1. The Bertz CT molecular complexity index is 685. The standard InChI is InChI=1S/C16H13NOS/c1-11(12-6-8-17-9-7-12)16(18)15-10-13-4-2-3-5-14(13)19-15/h2-11H,1H3. The molecule has 3 heteroatoms. The number of carbonyl (C=O) groups excluding carboxylic acids is 1. The number of carbonyl (C=O) groups is 1. The molecule has 1 aromatic carbocycles. The number of rotatable bonds is 3. The maximum atomic E-state index is 12.5. The van der Waals surface area contributed by atoms with Gasteiger partial charge in [-0.15, -0.1) is 11.3 Å². The molecule has 0 aliphatic carbocycles. The van der Waals surface area contributed by atoms with Gasteiger partial charge in [-0.3, -0.25) is 9.78 Å². The van der Waals surface area contributed by atoms with E-state index in [1.807, 2.05) is 49.4 Å². The van der Waals surface area contributed by atoms with Crippen LogP contribution in [-0.4, -0.2) is 10.8 Å². The van der Waals surface area contributed by atoms with Crippen molar-refractivity contribution in [1.29, 1.82) is 0 Å². The minimum atomic E-state index is -0.129. The van der Waals surface area contributed by atoms with Crippen LogP contribution in [0.2, 0.25) is 0 Å². The summed E-state index contributed by atoms with van der Waals surface area (Å²) in [7, 11) is 0. The number of fused-ring (bicyclic) bond motifs is 1. The second-order valence-corrected chi connectivity index (χ2v) is 5.60. The summed E-state index contributed by atoms with van der Waals surface area (Å²) in [6.07, 6.45) is 3.45. The Morgan fingerprint density at radius 1 is 1.16 bits per heavy atom. The van der Waals surface area contributed by atoms with Crippen LogP contribution in [0, 0.1) is 0 Å². The molecule has 1 unspecified atom stereocenters. The second kappa shape index (κ2) is 4.94. The van der Waals surface area contributed by atoms with Gasteiger partial charge in [0.2, 0.25) is 0 Å². The molecule has 0 spiro atoms. The first kappa shape index (κ1) is 12.1. The molecule has 19 heavy (non-hydrogen) atoms. The number of hydrogen-bond acceptors (Lipinski definition) is 3. The van der Waals surface area contributed by atoms with Crippen molar-refractivity contribution in [3.8, 4) is 0 Å². The van der Waals surface area contributed by atoms with Gasteiger partial charge in [0, 0.05) is 23.0 Å². The fourth-order valence-electron chi connectivity index (χ4n) is 2.12. The average molecular weight is 267 g/mol. The highest BCUT2D eigenvalue weighted by atomic mass is 32.1. The van der Waals surface area contributed by atoms with Gasteiger partial charge >= 0.3 is 0 Å². The van der Waals surface area contributed by atoms with Crippen molar-refractivity contribution in [2.45, 2.75) is 12.8 Å². The topological polar surface area (TPSA) is 30.0 Å². The molecule has 2 aromatic heterocycles.